The Kier molecular flexibility index (Phi) is 5.53. The van der Waals surface area contributed by atoms with Gasteiger partial charge in [0.15, 0.2) is 0 Å². The monoisotopic (exact) mass is 429 g/mol. The number of aryl methyl sites for hydroxylation is 2. The van der Waals surface area contributed by atoms with Crippen LogP contribution >= 0.6 is 23.4 Å². The first kappa shape index (κ1) is 20.4. The van der Waals surface area contributed by atoms with Crippen LogP contribution in [-0.2, 0) is 11.0 Å². The van der Waals surface area contributed by atoms with E-state index in [-0.39, 0.29) is 11.4 Å². The molecule has 1 aromatic carbocycles. The van der Waals surface area contributed by atoms with Crippen molar-refractivity contribution >= 4 is 40.7 Å². The van der Waals surface area contributed by atoms with Gasteiger partial charge in [-0.15, -0.1) is 5.10 Å². The molecule has 11 heteroatoms. The molecule has 28 heavy (non-hydrogen) atoms. The first-order valence-electron chi connectivity index (χ1n) is 8.06. The summed E-state index contributed by atoms with van der Waals surface area (Å²) < 4.78 is 40.3. The Labute approximate surface area is 167 Å². The molecule has 0 spiro atoms. The van der Waals surface area contributed by atoms with Gasteiger partial charge in [-0.1, -0.05) is 23.4 Å². The number of anilines is 1. The molecular formula is C17H15ClF3N5OS. The fraction of sp³-hybridized carbons (Fsp3) is 0.294. The maximum atomic E-state index is 12.9. The van der Waals surface area contributed by atoms with E-state index in [0.717, 1.165) is 40.8 Å². The van der Waals surface area contributed by atoms with Crippen molar-refractivity contribution in [2.24, 2.45) is 0 Å². The number of nitrogens with zero attached hydrogens (tertiary/aromatic N) is 4. The van der Waals surface area contributed by atoms with E-state index in [4.69, 9.17) is 11.6 Å². The molecule has 0 aliphatic heterocycles. The Hall–Kier alpha value is -2.33. The van der Waals surface area contributed by atoms with E-state index >= 15 is 0 Å². The summed E-state index contributed by atoms with van der Waals surface area (Å²) in [6, 6.07) is 3.20. The van der Waals surface area contributed by atoms with Crippen LogP contribution in [0.1, 0.15) is 22.5 Å². The number of carbonyl (C=O) groups is 1. The van der Waals surface area contributed by atoms with Crippen LogP contribution in [0.5, 0.6) is 0 Å². The molecular weight excluding hydrogens is 415 g/mol. The van der Waals surface area contributed by atoms with Crippen molar-refractivity contribution in [3.8, 4) is 0 Å². The van der Waals surface area contributed by atoms with Gasteiger partial charge in [-0.25, -0.2) is 9.50 Å². The summed E-state index contributed by atoms with van der Waals surface area (Å²) >= 11 is 6.63. The Bertz CT molecular complexity index is 1070. The molecule has 1 amide bonds. The summed E-state index contributed by atoms with van der Waals surface area (Å²) in [4.78, 5) is 20.7. The molecule has 0 atom stereocenters. The molecule has 6 nitrogen and oxygen atoms in total. The molecule has 2 aromatic heterocycles. The Balaban J connectivity index is 1.70. The fourth-order valence-electron chi connectivity index (χ4n) is 2.45. The van der Waals surface area contributed by atoms with Gasteiger partial charge in [0.1, 0.15) is 0 Å². The van der Waals surface area contributed by atoms with Crippen molar-refractivity contribution in [3.63, 3.8) is 0 Å². The SMILES string of the molecule is Cc1nc2nc(SCC(=O)Nc3ccc(Cl)c(C(F)(F)F)c3)nn2c(C)c1C. The Morgan fingerprint density at radius 1 is 1.25 bits per heavy atom. The number of halogens is 4. The third-order valence-electron chi connectivity index (χ3n) is 4.13. The summed E-state index contributed by atoms with van der Waals surface area (Å²) in [6.45, 7) is 5.70. The van der Waals surface area contributed by atoms with E-state index in [1.54, 1.807) is 4.52 Å². The lowest BCUT2D eigenvalue weighted by atomic mass is 10.2. The molecule has 3 rings (SSSR count). The Morgan fingerprint density at radius 3 is 2.64 bits per heavy atom. The molecule has 0 aliphatic carbocycles. The highest BCUT2D eigenvalue weighted by atomic mass is 35.5. The number of alkyl halides is 3. The largest absolute Gasteiger partial charge is 0.417 e. The highest BCUT2D eigenvalue weighted by molar-refractivity contribution is 7.99. The summed E-state index contributed by atoms with van der Waals surface area (Å²) in [7, 11) is 0. The Morgan fingerprint density at radius 2 is 1.96 bits per heavy atom. The van der Waals surface area contributed by atoms with Crippen LogP contribution in [-0.4, -0.2) is 31.2 Å². The number of rotatable bonds is 4. The van der Waals surface area contributed by atoms with Gasteiger partial charge in [0, 0.05) is 17.1 Å². The quantitative estimate of drug-likeness (QED) is 0.620. The maximum absolute atomic E-state index is 12.9. The summed E-state index contributed by atoms with van der Waals surface area (Å²) in [5, 5.41) is 6.65. The van der Waals surface area contributed by atoms with E-state index in [0.29, 0.717) is 10.9 Å². The minimum absolute atomic E-state index is 0.00838. The fourth-order valence-corrected chi connectivity index (χ4v) is 3.29. The zero-order chi connectivity index (χ0) is 20.6. The van der Waals surface area contributed by atoms with Crippen molar-refractivity contribution in [1.82, 2.24) is 19.6 Å². The van der Waals surface area contributed by atoms with Gasteiger partial charge < -0.3 is 5.32 Å². The summed E-state index contributed by atoms with van der Waals surface area (Å²) in [5.74, 6) is -0.134. The summed E-state index contributed by atoms with van der Waals surface area (Å²) in [6.07, 6.45) is -4.60. The van der Waals surface area contributed by atoms with Crippen LogP contribution in [0.15, 0.2) is 23.4 Å². The van der Waals surface area contributed by atoms with Gasteiger partial charge in [0.25, 0.3) is 5.78 Å². The number of nitrogens with one attached hydrogen (secondary N) is 1. The molecule has 0 saturated carbocycles. The van der Waals surface area contributed by atoms with Crippen LogP contribution in [0, 0.1) is 20.8 Å². The van der Waals surface area contributed by atoms with E-state index in [2.05, 4.69) is 20.4 Å². The van der Waals surface area contributed by atoms with Crippen molar-refractivity contribution in [3.05, 3.63) is 45.7 Å². The number of fused-ring (bicyclic) bond motifs is 1. The number of hydrogen-bond donors (Lipinski definition) is 1. The normalized spacial score (nSPS) is 11.8. The minimum atomic E-state index is -4.60. The molecule has 0 saturated heterocycles. The van der Waals surface area contributed by atoms with Gasteiger partial charge in [-0.2, -0.15) is 18.2 Å². The van der Waals surface area contributed by atoms with Gasteiger partial charge in [0.2, 0.25) is 11.1 Å². The first-order valence-corrected chi connectivity index (χ1v) is 9.42. The average Bonchev–Trinajstić information content (AvgIpc) is 3.02. The third kappa shape index (κ3) is 4.22. The number of aromatic nitrogens is 4. The van der Waals surface area contributed by atoms with E-state index in [9.17, 15) is 18.0 Å². The number of amides is 1. The van der Waals surface area contributed by atoms with Crippen molar-refractivity contribution in [1.29, 1.82) is 0 Å². The van der Waals surface area contributed by atoms with E-state index in [1.165, 1.54) is 6.07 Å². The molecule has 3 aromatic rings. The van der Waals surface area contributed by atoms with Crippen LogP contribution in [0.3, 0.4) is 0 Å². The smallest absolute Gasteiger partial charge is 0.325 e. The van der Waals surface area contributed by atoms with Crippen molar-refractivity contribution in [2.75, 3.05) is 11.1 Å². The topological polar surface area (TPSA) is 72.2 Å². The number of thioether (sulfide) groups is 1. The van der Waals surface area contributed by atoms with Crippen molar-refractivity contribution in [2.45, 2.75) is 32.1 Å². The number of benzene rings is 1. The first-order chi connectivity index (χ1) is 13.1. The van der Waals surface area contributed by atoms with Crippen molar-refractivity contribution < 1.29 is 18.0 Å². The van der Waals surface area contributed by atoms with Crippen LogP contribution in [0.2, 0.25) is 5.02 Å². The average molecular weight is 430 g/mol. The molecule has 0 radical (unpaired) electrons. The van der Waals surface area contributed by atoms with Gasteiger partial charge in [0.05, 0.1) is 16.3 Å². The van der Waals surface area contributed by atoms with Crippen LogP contribution in [0.25, 0.3) is 5.78 Å². The zero-order valence-electron chi connectivity index (χ0n) is 15.1. The van der Waals surface area contributed by atoms with E-state index in [1.807, 2.05) is 20.8 Å². The predicted molar refractivity (Wildman–Crippen MR) is 101 cm³/mol. The predicted octanol–water partition coefficient (Wildman–Crippen LogP) is 4.45. The molecule has 0 unspecified atom stereocenters. The minimum Gasteiger partial charge on any atom is -0.325 e. The second kappa shape index (κ2) is 7.59. The lowest BCUT2D eigenvalue weighted by Crippen LogP contribution is -2.15. The number of carbonyl (C=O) groups excluding carboxylic acids is 1. The van der Waals surface area contributed by atoms with Gasteiger partial charge in [-0.3, -0.25) is 4.79 Å². The summed E-state index contributed by atoms with van der Waals surface area (Å²) in [5.41, 5.74) is 1.74. The molecule has 2 heterocycles. The maximum Gasteiger partial charge on any atom is 0.417 e. The van der Waals surface area contributed by atoms with E-state index < -0.39 is 22.7 Å². The second-order valence-corrected chi connectivity index (χ2v) is 7.39. The van der Waals surface area contributed by atoms with Crippen LogP contribution < -0.4 is 5.32 Å². The van der Waals surface area contributed by atoms with Gasteiger partial charge >= 0.3 is 6.18 Å². The molecule has 148 valence electrons. The lowest BCUT2D eigenvalue weighted by molar-refractivity contribution is -0.137. The van der Waals surface area contributed by atoms with Crippen LogP contribution in [0.4, 0.5) is 18.9 Å². The molecule has 1 N–H and O–H groups in total. The molecule has 0 aliphatic rings. The third-order valence-corrected chi connectivity index (χ3v) is 5.30. The second-order valence-electron chi connectivity index (χ2n) is 6.04. The standard InChI is InChI=1S/C17H15ClF3N5OS/c1-8-9(2)22-15-24-16(25-26(15)10(8)3)28-7-14(27)23-11-4-5-13(18)12(6-11)17(19,20)21/h4-6H,7H2,1-3H3,(H,23,27). The highest BCUT2D eigenvalue weighted by Crippen LogP contribution is 2.36. The molecule has 0 fully saturated rings. The highest BCUT2D eigenvalue weighted by Gasteiger charge is 2.33. The zero-order valence-corrected chi connectivity index (χ0v) is 16.6. The lowest BCUT2D eigenvalue weighted by Gasteiger charge is -2.11. The molecule has 0 bridgehead atoms. The van der Waals surface area contributed by atoms with Gasteiger partial charge in [-0.05, 0) is 44.5 Å². The number of hydrogen-bond acceptors (Lipinski definition) is 5.